The summed E-state index contributed by atoms with van der Waals surface area (Å²) in [6.45, 7) is 0. The summed E-state index contributed by atoms with van der Waals surface area (Å²) in [5.41, 5.74) is -0.144. The number of nitrogens with zero attached hydrogens (tertiary/aromatic N) is 1. The molecule has 0 amide bonds. The number of rotatable bonds is 2. The van der Waals surface area contributed by atoms with Crippen LogP contribution in [0.4, 0.5) is 5.69 Å². The second-order valence-electron chi connectivity index (χ2n) is 4.63. The van der Waals surface area contributed by atoms with Crippen LogP contribution in [0.15, 0.2) is 18.2 Å². The molecule has 2 saturated carbocycles. The van der Waals surface area contributed by atoms with Crippen LogP contribution in [0.3, 0.4) is 0 Å². The van der Waals surface area contributed by atoms with Crippen LogP contribution in [0.25, 0.3) is 0 Å². The van der Waals surface area contributed by atoms with E-state index in [2.05, 4.69) is 0 Å². The van der Waals surface area contributed by atoms with Gasteiger partial charge in [0, 0.05) is 0 Å². The first-order valence-corrected chi connectivity index (χ1v) is 6.98. The van der Waals surface area contributed by atoms with Gasteiger partial charge in [-0.1, -0.05) is 0 Å². The quantitative estimate of drug-likeness (QED) is 0.501. The Morgan fingerprint density at radius 2 is 2.00 bits per heavy atom. The van der Waals surface area contributed by atoms with E-state index in [1.54, 1.807) is 19.3 Å². The minimum absolute atomic E-state index is 0.00537. The summed E-state index contributed by atoms with van der Waals surface area (Å²) < 4.78 is 0.243. The fourth-order valence-corrected chi connectivity index (χ4v) is 2.97. The van der Waals surface area contributed by atoms with Crippen molar-refractivity contribution in [2.75, 3.05) is 0 Å². The van der Waals surface area contributed by atoms with Crippen LogP contribution in [0.5, 0.6) is 0 Å². The van der Waals surface area contributed by atoms with Gasteiger partial charge in [0.1, 0.15) is 0 Å². The van der Waals surface area contributed by atoms with Gasteiger partial charge in [-0.3, -0.25) is 0 Å². The predicted octanol–water partition coefficient (Wildman–Crippen LogP) is 0.968. The van der Waals surface area contributed by atoms with E-state index in [-0.39, 0.29) is 15.6 Å². The molecule has 2 aliphatic carbocycles. The van der Waals surface area contributed by atoms with E-state index in [0.29, 0.717) is 0 Å². The zero-order valence-electron chi connectivity index (χ0n) is 9.70. The summed E-state index contributed by atoms with van der Waals surface area (Å²) in [6.07, 6.45) is 4.70. The number of hydrogen-bond acceptors (Lipinski definition) is 3. The molecule has 3 rings (SSSR count). The SMILES string of the molecule is C1CC2CC12.O=C(O)c1cccc([N+](=O)[O-])c1[AsH2]. The second kappa shape index (κ2) is 5.10. The fraction of sp³-hybridized carbons (Fsp3) is 0.417. The van der Waals surface area contributed by atoms with Crippen molar-refractivity contribution < 1.29 is 14.8 Å². The molecule has 0 heterocycles. The molecule has 3 atom stereocenters. The molecule has 1 aromatic rings. The van der Waals surface area contributed by atoms with Crippen LogP contribution in [0, 0.1) is 22.0 Å². The summed E-state index contributed by atoms with van der Waals surface area (Å²) in [5, 5.41) is 19.1. The van der Waals surface area contributed by atoms with Crippen LogP contribution in [0.2, 0.25) is 0 Å². The van der Waals surface area contributed by atoms with Crippen molar-refractivity contribution in [1.29, 1.82) is 0 Å². The van der Waals surface area contributed by atoms with Crippen molar-refractivity contribution in [1.82, 2.24) is 0 Å². The normalized spacial score (nSPS) is 22.9. The molecule has 96 valence electrons. The molecule has 0 bridgehead atoms. The molecule has 0 aliphatic heterocycles. The fourth-order valence-electron chi connectivity index (χ4n) is 2.08. The molecule has 1 N–H and O–H groups in total. The van der Waals surface area contributed by atoms with Gasteiger partial charge in [-0.25, -0.2) is 0 Å². The van der Waals surface area contributed by atoms with Crippen molar-refractivity contribution in [2.24, 2.45) is 11.8 Å². The molecule has 1 aromatic carbocycles. The number of nitro groups is 1. The van der Waals surface area contributed by atoms with Crippen molar-refractivity contribution in [3.05, 3.63) is 33.9 Å². The molecule has 0 spiro atoms. The van der Waals surface area contributed by atoms with Gasteiger partial charge >= 0.3 is 81.6 Å². The van der Waals surface area contributed by atoms with E-state index >= 15 is 0 Å². The Hall–Kier alpha value is -1.35. The average molecular weight is 311 g/mol. The van der Waals surface area contributed by atoms with Crippen LogP contribution in [-0.2, 0) is 0 Å². The first-order chi connectivity index (χ1) is 8.50. The zero-order chi connectivity index (χ0) is 13.3. The third kappa shape index (κ3) is 2.72. The van der Waals surface area contributed by atoms with Gasteiger partial charge in [0.05, 0.1) is 0 Å². The van der Waals surface area contributed by atoms with Crippen LogP contribution in [0.1, 0.15) is 29.6 Å². The van der Waals surface area contributed by atoms with Crippen molar-refractivity contribution in [3.63, 3.8) is 0 Å². The third-order valence-electron chi connectivity index (χ3n) is 3.49. The Labute approximate surface area is 113 Å². The summed E-state index contributed by atoms with van der Waals surface area (Å²) in [7, 11) is 0. The van der Waals surface area contributed by atoms with Gasteiger partial charge in [0.15, 0.2) is 0 Å². The molecule has 0 saturated heterocycles. The van der Waals surface area contributed by atoms with E-state index in [1.165, 1.54) is 30.0 Å². The second-order valence-corrected chi connectivity index (χ2v) is 5.85. The molecule has 0 radical (unpaired) electrons. The minimum atomic E-state index is -1.14. The van der Waals surface area contributed by atoms with Crippen molar-refractivity contribution in [3.8, 4) is 0 Å². The number of nitro benzene ring substituents is 1. The summed E-state index contributed by atoms with van der Waals surface area (Å²) >= 11 is 0.938. The van der Waals surface area contributed by atoms with Gasteiger partial charge < -0.3 is 0 Å². The standard InChI is InChI=1S/C7H6AsNO4.C5H8/c8-6-4(7(10)11)2-1-3-5(6)9(12)13;1-2-5-3-4(1)5/h1-3H,8H2,(H,10,11);4-5H,1-3H2. The topological polar surface area (TPSA) is 80.4 Å². The summed E-state index contributed by atoms with van der Waals surface area (Å²) in [6, 6.07) is 4.01. The van der Waals surface area contributed by atoms with E-state index in [9.17, 15) is 14.9 Å². The van der Waals surface area contributed by atoms with E-state index in [1.807, 2.05) is 0 Å². The monoisotopic (exact) mass is 311 g/mol. The molecule has 3 unspecified atom stereocenters. The molecule has 6 heteroatoms. The molecule has 2 aliphatic rings. The maximum atomic E-state index is 10.6. The zero-order valence-corrected chi connectivity index (χ0v) is 12.1. The van der Waals surface area contributed by atoms with E-state index < -0.39 is 10.9 Å². The molecule has 5 nitrogen and oxygen atoms in total. The Morgan fingerprint density at radius 3 is 2.33 bits per heavy atom. The Kier molecular flexibility index (Phi) is 3.71. The van der Waals surface area contributed by atoms with Crippen LogP contribution in [-0.4, -0.2) is 32.9 Å². The molecule has 18 heavy (non-hydrogen) atoms. The van der Waals surface area contributed by atoms with E-state index in [4.69, 9.17) is 5.11 Å². The number of aromatic carboxylic acids is 1. The maximum absolute atomic E-state index is 10.6. The average Bonchev–Trinajstić information content (AvgIpc) is 2.85. The van der Waals surface area contributed by atoms with Gasteiger partial charge in [-0.15, -0.1) is 0 Å². The van der Waals surface area contributed by atoms with Crippen LogP contribution < -0.4 is 4.35 Å². The number of benzene rings is 1. The van der Waals surface area contributed by atoms with E-state index in [0.717, 1.165) is 16.9 Å². The van der Waals surface area contributed by atoms with Crippen molar-refractivity contribution in [2.45, 2.75) is 19.3 Å². The molecule has 2 fully saturated rings. The molecular formula is C12H14AsNO4. The third-order valence-corrected chi connectivity index (χ3v) is 4.76. The number of carbonyl (C=O) groups is 1. The Bertz CT molecular complexity index is 459. The first kappa shape index (κ1) is 13.1. The van der Waals surface area contributed by atoms with Gasteiger partial charge in [0.2, 0.25) is 0 Å². The molecular weight excluding hydrogens is 297 g/mol. The predicted molar refractivity (Wildman–Crippen MR) is 69.1 cm³/mol. The summed E-state index contributed by atoms with van der Waals surface area (Å²) in [5.74, 6) is 1.33. The van der Waals surface area contributed by atoms with Crippen LogP contribution >= 0.6 is 0 Å². The first-order valence-electron chi connectivity index (χ1n) is 5.77. The molecule has 0 aromatic heterocycles. The number of hydrogen-bond donors (Lipinski definition) is 1. The number of fused-ring (bicyclic) bond motifs is 1. The summed E-state index contributed by atoms with van der Waals surface area (Å²) in [4.78, 5) is 20.4. The van der Waals surface area contributed by atoms with Gasteiger partial charge in [0.25, 0.3) is 0 Å². The Morgan fingerprint density at radius 1 is 1.39 bits per heavy atom. The number of carboxylic acids is 1. The van der Waals surface area contributed by atoms with Gasteiger partial charge in [-0.2, -0.15) is 0 Å². The van der Waals surface area contributed by atoms with Crippen molar-refractivity contribution >= 4 is 32.9 Å². The Balaban J connectivity index is 0.000000194. The van der Waals surface area contributed by atoms with Gasteiger partial charge in [-0.05, 0) is 31.1 Å². The number of carboxylic acid groups (broad SMARTS) is 1.